The van der Waals surface area contributed by atoms with Gasteiger partial charge in [-0.3, -0.25) is 19.2 Å². The third-order valence-corrected chi connectivity index (χ3v) is 17.2. The SMILES string of the molecule is CC.CC.CC(C)(Sc1nnc(-c2cccs2)n1S(C)(=O)=O)C(=O)Nc1ccccc1.CCn1c(SC(C)(C)C(=O)Nc2ccccc2)nnc1-c1cccs1.O=Cn1c(SCC(=O)Nc2ccccc2)nnc1-c1cccs1.[HH].[HH].[HH]. The van der Waals surface area contributed by atoms with Gasteiger partial charge in [-0.25, -0.2) is 13.0 Å². The van der Waals surface area contributed by atoms with Crippen molar-refractivity contribution in [3.8, 4) is 32.1 Å². The van der Waals surface area contributed by atoms with E-state index in [0.29, 0.717) is 28.0 Å². The lowest BCUT2D eigenvalue weighted by Crippen LogP contribution is -2.34. The van der Waals surface area contributed by atoms with Gasteiger partial charge in [0.05, 0.1) is 36.1 Å². The Kier molecular flexibility index (Phi) is 24.4. The lowest BCUT2D eigenvalue weighted by atomic mass is 10.2. The van der Waals surface area contributed by atoms with Crippen LogP contribution < -0.4 is 16.0 Å². The largest absolute Gasteiger partial charge is 0.325 e. The molecule has 9 aromatic rings. The average Bonchev–Trinajstić information content (AvgIpc) is 4.37. The van der Waals surface area contributed by atoms with Crippen LogP contribution in [-0.2, 0) is 35.7 Å². The van der Waals surface area contributed by atoms with Crippen LogP contribution in [0.5, 0.6) is 0 Å². The van der Waals surface area contributed by atoms with E-state index in [1.807, 2.05) is 171 Å². The highest BCUT2D eigenvalue weighted by molar-refractivity contribution is 8.02. The summed E-state index contributed by atoms with van der Waals surface area (Å²) in [5.41, 5.74) is 2.19. The van der Waals surface area contributed by atoms with Gasteiger partial charge in [0, 0.05) is 27.9 Å². The van der Waals surface area contributed by atoms with Crippen LogP contribution in [0.2, 0.25) is 0 Å². The Labute approximate surface area is 490 Å². The van der Waals surface area contributed by atoms with Crippen LogP contribution >= 0.6 is 69.3 Å². The predicted octanol–water partition coefficient (Wildman–Crippen LogP) is 13.4. The summed E-state index contributed by atoms with van der Waals surface area (Å²) in [7, 11) is -3.66. The smallest absolute Gasteiger partial charge is 0.240 e. The zero-order valence-corrected chi connectivity index (χ0v) is 50.9. The minimum atomic E-state index is -3.66. The van der Waals surface area contributed by atoms with Crippen LogP contribution in [0.15, 0.2) is 159 Å². The molecule has 0 unspecified atom stereocenters. The molecule has 0 fully saturated rings. The molecule has 0 spiro atoms. The predicted molar refractivity (Wildman–Crippen MR) is 333 cm³/mol. The third-order valence-electron chi connectivity index (χ3n) is 10.2. The molecule has 9 rings (SSSR count). The molecule has 6 heterocycles. The van der Waals surface area contributed by atoms with Crippen LogP contribution in [0, 0.1) is 0 Å². The molecule has 422 valence electrons. The van der Waals surface area contributed by atoms with E-state index in [1.54, 1.807) is 43.4 Å². The molecule has 0 bridgehead atoms. The Balaban J connectivity index is 0.000000401. The van der Waals surface area contributed by atoms with Crippen molar-refractivity contribution in [2.75, 3.05) is 28.0 Å². The van der Waals surface area contributed by atoms with E-state index in [-0.39, 0.29) is 38.7 Å². The number of rotatable bonds is 18. The minimum Gasteiger partial charge on any atom is -0.325 e. The van der Waals surface area contributed by atoms with Gasteiger partial charge >= 0.3 is 0 Å². The molecule has 3 amide bonds. The highest BCUT2D eigenvalue weighted by atomic mass is 32.2. The maximum Gasteiger partial charge on any atom is 0.240 e. The first-order chi connectivity index (χ1) is 38.0. The van der Waals surface area contributed by atoms with Crippen molar-refractivity contribution in [1.82, 2.24) is 43.7 Å². The number of nitrogens with zero attached hydrogens (tertiary/aromatic N) is 9. The zero-order chi connectivity index (χ0) is 57.6. The summed E-state index contributed by atoms with van der Waals surface area (Å²) < 4.78 is 27.5. The second-order valence-corrected chi connectivity index (χ2v) is 25.5. The van der Waals surface area contributed by atoms with Gasteiger partial charge in [0.2, 0.25) is 39.3 Å². The molecule has 0 saturated carbocycles. The van der Waals surface area contributed by atoms with Gasteiger partial charge in [-0.1, -0.05) is 136 Å². The van der Waals surface area contributed by atoms with E-state index in [9.17, 15) is 27.6 Å². The van der Waals surface area contributed by atoms with Gasteiger partial charge in [0.15, 0.2) is 27.8 Å². The maximum atomic E-state index is 12.7. The fraction of sp³-hybridized carbons (Fsp3) is 0.259. The molecule has 0 atom stereocenters. The van der Waals surface area contributed by atoms with Crippen LogP contribution in [0.25, 0.3) is 32.1 Å². The molecular formula is C54H68N12O6S7. The summed E-state index contributed by atoms with van der Waals surface area (Å²) in [6, 6.07) is 39.1. The first-order valence-electron chi connectivity index (χ1n) is 24.7. The number of thioether (sulfide) groups is 3. The molecule has 0 saturated heterocycles. The third kappa shape index (κ3) is 17.9. The maximum absolute atomic E-state index is 12.7. The number of thiophene rings is 3. The number of amides is 3. The second-order valence-electron chi connectivity index (χ2n) is 16.7. The van der Waals surface area contributed by atoms with Gasteiger partial charge in [-0.15, -0.1) is 64.6 Å². The molecule has 0 aliphatic heterocycles. The van der Waals surface area contributed by atoms with Crippen molar-refractivity contribution in [3.05, 3.63) is 144 Å². The Bertz CT molecular complexity index is 3420. The van der Waals surface area contributed by atoms with Gasteiger partial charge in [-0.05, 0) is 105 Å². The van der Waals surface area contributed by atoms with Crippen LogP contribution in [0.1, 0.15) is 66.6 Å². The molecule has 25 heteroatoms. The summed E-state index contributed by atoms with van der Waals surface area (Å²) in [6.45, 7) is 18.0. The number of para-hydroxylation sites is 3. The lowest BCUT2D eigenvalue weighted by Gasteiger charge is -2.22. The summed E-state index contributed by atoms with van der Waals surface area (Å²) >= 11 is 8.12. The van der Waals surface area contributed by atoms with E-state index in [0.717, 1.165) is 60.6 Å². The number of hydrogen-bond donors (Lipinski definition) is 3. The standard InChI is InChI=1S/C18H20N4OS2.C17H18N4O3S3.C15H12N4O2S2.2C2H6.3H2/c1-4-22-15(14-11-8-12-24-14)20-21-17(22)25-18(2,3)16(23)19-13-9-6-5-7-10-13;1-17(2,15(22)18-12-8-5-4-6-9-12)26-16-20-19-14(13-10-7-11-25-13)21(16)27(3,23)24;20-10-19-14(12-7-4-8-22-12)17-18-15(19)23-9-13(21)16-11-5-2-1-3-6-11;2*1-2;;;/h5-12H,4H2,1-3H3,(H,19,23);4-11H,1-3H3,(H,18,22);1-8,10H,9H2,(H,16,21);2*1-2H3;3*1H. The lowest BCUT2D eigenvalue weighted by molar-refractivity contribution is -0.118. The molecule has 3 N–H and O–H groups in total. The molecule has 79 heavy (non-hydrogen) atoms. The number of anilines is 3. The second kappa shape index (κ2) is 30.6. The fourth-order valence-electron chi connectivity index (χ4n) is 6.46. The number of carbonyl (C=O) groups is 4. The number of carbonyl (C=O) groups excluding carboxylic acids is 4. The van der Waals surface area contributed by atoms with Crippen LogP contribution in [-0.4, -0.2) is 97.8 Å². The summed E-state index contributed by atoms with van der Waals surface area (Å²) in [5, 5.41) is 40.4. The highest BCUT2D eigenvalue weighted by Gasteiger charge is 2.35. The van der Waals surface area contributed by atoms with Crippen molar-refractivity contribution < 1.29 is 31.9 Å². The van der Waals surface area contributed by atoms with E-state index in [1.165, 1.54) is 50.8 Å². The highest BCUT2D eigenvalue weighted by Crippen LogP contribution is 2.37. The summed E-state index contributed by atoms with van der Waals surface area (Å²) in [4.78, 5) is 51.3. The summed E-state index contributed by atoms with van der Waals surface area (Å²) in [6.07, 6.45) is 1.75. The number of benzene rings is 3. The van der Waals surface area contributed by atoms with Crippen molar-refractivity contribution >= 4 is 121 Å². The van der Waals surface area contributed by atoms with Crippen molar-refractivity contribution in [1.29, 1.82) is 0 Å². The number of nitrogens with one attached hydrogen (secondary N) is 3. The Morgan fingerprint density at radius 1 is 0.557 bits per heavy atom. The molecule has 18 nitrogen and oxygen atoms in total. The van der Waals surface area contributed by atoms with E-state index in [4.69, 9.17) is 0 Å². The minimum absolute atomic E-state index is 0. The molecule has 0 aliphatic carbocycles. The summed E-state index contributed by atoms with van der Waals surface area (Å²) in [5.74, 6) is 1.23. The molecular weight excluding hydrogens is 1140 g/mol. The average molecular weight is 1210 g/mol. The van der Waals surface area contributed by atoms with Crippen molar-refractivity contribution in [2.24, 2.45) is 0 Å². The monoisotopic (exact) mass is 1200 g/mol. The first-order valence-corrected chi connectivity index (χ1v) is 31.8. The number of aromatic nitrogens is 9. The first kappa shape index (κ1) is 63.1. The van der Waals surface area contributed by atoms with Crippen LogP contribution in [0.4, 0.5) is 17.1 Å². The van der Waals surface area contributed by atoms with E-state index >= 15 is 0 Å². The zero-order valence-electron chi connectivity index (χ0n) is 45.2. The van der Waals surface area contributed by atoms with Crippen LogP contribution in [0.3, 0.4) is 0 Å². The fourth-order valence-corrected chi connectivity index (χ4v) is 12.5. The van der Waals surface area contributed by atoms with E-state index < -0.39 is 19.5 Å². The topological polar surface area (TPSA) is 231 Å². The normalized spacial score (nSPS) is 11.0. The van der Waals surface area contributed by atoms with E-state index in [2.05, 4.69) is 53.5 Å². The van der Waals surface area contributed by atoms with Gasteiger partial charge < -0.3 is 20.5 Å². The Morgan fingerprint density at radius 3 is 1.38 bits per heavy atom. The molecule has 0 aliphatic rings. The molecule has 0 radical (unpaired) electrons. The molecule has 3 aromatic carbocycles. The Hall–Kier alpha value is -6.74. The van der Waals surface area contributed by atoms with Crippen molar-refractivity contribution in [3.63, 3.8) is 0 Å². The quantitative estimate of drug-likeness (QED) is 0.0536. The Morgan fingerprint density at radius 2 is 0.949 bits per heavy atom. The van der Waals surface area contributed by atoms with Crippen molar-refractivity contribution in [2.45, 2.75) is 93.8 Å². The van der Waals surface area contributed by atoms with Gasteiger partial charge in [0.1, 0.15) is 0 Å². The van der Waals surface area contributed by atoms with Gasteiger partial charge in [0.25, 0.3) is 0 Å². The molecule has 6 aromatic heterocycles. The van der Waals surface area contributed by atoms with Gasteiger partial charge in [-0.2, -0.15) is 3.97 Å². The number of hydrogen-bond acceptors (Lipinski definition) is 18.